The van der Waals surface area contributed by atoms with Crippen molar-refractivity contribution in [1.29, 1.82) is 0 Å². The first kappa shape index (κ1) is 8.37. The minimum Gasteiger partial charge on any atom is -0.296 e. The summed E-state index contributed by atoms with van der Waals surface area (Å²) in [7, 11) is 0. The average molecular weight is 243 g/mol. The fourth-order valence-electron chi connectivity index (χ4n) is 1.12. The molecule has 0 radical (unpaired) electrons. The van der Waals surface area contributed by atoms with Gasteiger partial charge in [0.1, 0.15) is 11.5 Å². The number of hydrogen-bond donors (Lipinski definition) is 0. The van der Waals surface area contributed by atoms with Crippen LogP contribution < -0.4 is 0 Å². The van der Waals surface area contributed by atoms with Gasteiger partial charge >= 0.3 is 0 Å². The second-order valence-corrected chi connectivity index (χ2v) is 3.36. The van der Waals surface area contributed by atoms with E-state index in [1.54, 1.807) is 0 Å². The highest BCUT2D eigenvalue weighted by atomic mass is 79.9. The molecule has 0 unspecified atom stereocenters. The van der Waals surface area contributed by atoms with E-state index in [9.17, 15) is 9.18 Å². The molecule has 0 aliphatic carbocycles. The molecule has 2 rings (SSSR count). The highest BCUT2D eigenvalue weighted by molar-refractivity contribution is 9.10. The molecule has 2 aromatic heterocycles. The molecule has 3 nitrogen and oxygen atoms in total. The third kappa shape index (κ3) is 1.25. The van der Waals surface area contributed by atoms with E-state index in [1.807, 2.05) is 0 Å². The Labute approximate surface area is 81.3 Å². The third-order valence-electron chi connectivity index (χ3n) is 1.68. The molecule has 0 saturated carbocycles. The summed E-state index contributed by atoms with van der Waals surface area (Å²) in [6, 6.07) is 1.30. The second-order valence-electron chi connectivity index (χ2n) is 2.50. The highest BCUT2D eigenvalue weighted by Gasteiger charge is 2.06. The van der Waals surface area contributed by atoms with Crippen LogP contribution in [0.1, 0.15) is 10.5 Å². The minimum absolute atomic E-state index is 0.329. The maximum Gasteiger partial charge on any atom is 0.168 e. The third-order valence-corrected chi connectivity index (χ3v) is 2.26. The smallest absolute Gasteiger partial charge is 0.168 e. The molecule has 0 aliphatic rings. The molecule has 13 heavy (non-hydrogen) atoms. The molecule has 0 fully saturated rings. The number of halogens is 2. The van der Waals surface area contributed by atoms with Crippen molar-refractivity contribution in [2.24, 2.45) is 0 Å². The van der Waals surface area contributed by atoms with Crippen molar-refractivity contribution in [2.45, 2.75) is 0 Å². The van der Waals surface area contributed by atoms with Gasteiger partial charge in [0.2, 0.25) is 0 Å². The lowest BCUT2D eigenvalue weighted by Gasteiger charge is -1.97. The van der Waals surface area contributed by atoms with Crippen LogP contribution in [0.3, 0.4) is 0 Å². The lowest BCUT2D eigenvalue weighted by atomic mass is 10.4. The van der Waals surface area contributed by atoms with Crippen molar-refractivity contribution in [1.82, 2.24) is 9.38 Å². The van der Waals surface area contributed by atoms with Crippen LogP contribution in [-0.2, 0) is 0 Å². The van der Waals surface area contributed by atoms with Crippen LogP contribution in [0, 0.1) is 5.82 Å². The van der Waals surface area contributed by atoms with Crippen molar-refractivity contribution in [3.05, 3.63) is 34.4 Å². The lowest BCUT2D eigenvalue weighted by Crippen LogP contribution is -1.92. The van der Waals surface area contributed by atoms with E-state index in [-0.39, 0.29) is 0 Å². The summed E-state index contributed by atoms with van der Waals surface area (Å²) >= 11 is 3.15. The van der Waals surface area contributed by atoms with E-state index in [4.69, 9.17) is 0 Å². The molecular weight excluding hydrogens is 239 g/mol. The second kappa shape index (κ2) is 2.92. The Morgan fingerprint density at radius 1 is 1.62 bits per heavy atom. The summed E-state index contributed by atoms with van der Waals surface area (Å²) in [5.41, 5.74) is 0.860. The molecule has 2 aromatic rings. The molecule has 0 spiro atoms. The Bertz CT molecular complexity index is 480. The Morgan fingerprint density at radius 3 is 3.08 bits per heavy atom. The summed E-state index contributed by atoms with van der Waals surface area (Å²) in [4.78, 5) is 14.5. The molecule has 0 saturated heterocycles. The summed E-state index contributed by atoms with van der Waals surface area (Å²) in [6.07, 6.45) is 3.25. The van der Waals surface area contributed by atoms with E-state index in [0.717, 1.165) is 0 Å². The lowest BCUT2D eigenvalue weighted by molar-refractivity contribution is 0.111. The van der Waals surface area contributed by atoms with Gasteiger partial charge in [-0.3, -0.25) is 9.20 Å². The van der Waals surface area contributed by atoms with Crippen LogP contribution in [-0.4, -0.2) is 15.7 Å². The zero-order valence-electron chi connectivity index (χ0n) is 6.37. The van der Waals surface area contributed by atoms with Gasteiger partial charge < -0.3 is 0 Å². The number of hydrogen-bond acceptors (Lipinski definition) is 2. The first-order valence-corrected chi connectivity index (χ1v) is 4.29. The number of pyridine rings is 1. The SMILES string of the molecule is O=Cc1cnc2c(Br)cc(F)cn12. The number of nitrogens with zero attached hydrogens (tertiary/aromatic N) is 2. The van der Waals surface area contributed by atoms with Crippen LogP contribution in [0.4, 0.5) is 4.39 Å². The first-order valence-electron chi connectivity index (χ1n) is 3.49. The molecular formula is C8H4BrFN2O. The summed E-state index contributed by atoms with van der Waals surface area (Å²) in [5, 5.41) is 0. The standard InChI is InChI=1S/C8H4BrFN2O/c9-7-1-5(10)3-12-6(4-13)2-11-8(7)12/h1-4H. The molecule has 0 aromatic carbocycles. The Hall–Kier alpha value is -1.23. The topological polar surface area (TPSA) is 34.4 Å². The number of aldehydes is 1. The Balaban J connectivity index is 2.89. The largest absolute Gasteiger partial charge is 0.296 e. The van der Waals surface area contributed by atoms with E-state index in [2.05, 4.69) is 20.9 Å². The zero-order valence-corrected chi connectivity index (χ0v) is 7.95. The summed E-state index contributed by atoms with van der Waals surface area (Å²) in [6.45, 7) is 0. The number of fused-ring (bicyclic) bond motifs is 1. The van der Waals surface area contributed by atoms with Gasteiger partial charge in [0.25, 0.3) is 0 Å². The van der Waals surface area contributed by atoms with Gasteiger partial charge in [-0.2, -0.15) is 0 Å². The summed E-state index contributed by atoms with van der Waals surface area (Å²) < 4.78 is 14.8. The fourth-order valence-corrected chi connectivity index (χ4v) is 1.63. The maximum atomic E-state index is 12.9. The number of rotatable bonds is 1. The number of imidazole rings is 1. The van der Waals surface area contributed by atoms with Crippen molar-refractivity contribution in [2.75, 3.05) is 0 Å². The molecule has 0 aliphatic heterocycles. The van der Waals surface area contributed by atoms with Gasteiger partial charge in [-0.1, -0.05) is 0 Å². The highest BCUT2D eigenvalue weighted by Crippen LogP contribution is 2.18. The molecule has 0 bridgehead atoms. The van der Waals surface area contributed by atoms with Crippen LogP contribution in [0.25, 0.3) is 5.65 Å². The van der Waals surface area contributed by atoms with Gasteiger partial charge in [-0.05, 0) is 22.0 Å². The average Bonchev–Trinajstić information content (AvgIpc) is 2.47. The Kier molecular flexibility index (Phi) is 1.88. The number of aromatic nitrogens is 2. The van der Waals surface area contributed by atoms with Crippen LogP contribution in [0.5, 0.6) is 0 Å². The van der Waals surface area contributed by atoms with Crippen molar-refractivity contribution in [3.63, 3.8) is 0 Å². The zero-order chi connectivity index (χ0) is 9.42. The van der Waals surface area contributed by atoms with E-state index in [1.165, 1.54) is 22.9 Å². The van der Waals surface area contributed by atoms with Gasteiger partial charge in [-0.15, -0.1) is 0 Å². The summed E-state index contributed by atoms with van der Waals surface area (Å²) in [5.74, 6) is -0.416. The predicted octanol–water partition coefficient (Wildman–Crippen LogP) is 2.05. The van der Waals surface area contributed by atoms with Gasteiger partial charge in [0.05, 0.1) is 10.7 Å². The molecule has 0 amide bonds. The monoisotopic (exact) mass is 242 g/mol. The van der Waals surface area contributed by atoms with Gasteiger partial charge in [0, 0.05) is 6.20 Å². The molecule has 5 heteroatoms. The number of carbonyl (C=O) groups excluding carboxylic acids is 1. The van der Waals surface area contributed by atoms with Crippen LogP contribution >= 0.6 is 15.9 Å². The maximum absolute atomic E-state index is 12.9. The van der Waals surface area contributed by atoms with E-state index >= 15 is 0 Å². The molecule has 0 atom stereocenters. The Morgan fingerprint density at radius 2 is 2.38 bits per heavy atom. The van der Waals surface area contributed by atoms with Crippen LogP contribution in [0.15, 0.2) is 22.9 Å². The molecule has 0 N–H and O–H groups in total. The predicted molar refractivity (Wildman–Crippen MR) is 48.2 cm³/mol. The molecule has 66 valence electrons. The molecule has 2 heterocycles. The van der Waals surface area contributed by atoms with Crippen LogP contribution in [0.2, 0.25) is 0 Å². The van der Waals surface area contributed by atoms with Gasteiger partial charge in [0.15, 0.2) is 11.9 Å². The van der Waals surface area contributed by atoms with Crippen molar-refractivity contribution < 1.29 is 9.18 Å². The van der Waals surface area contributed by atoms with Gasteiger partial charge in [-0.25, -0.2) is 9.37 Å². The van der Waals surface area contributed by atoms with Crippen molar-refractivity contribution in [3.8, 4) is 0 Å². The first-order chi connectivity index (χ1) is 6.22. The number of carbonyl (C=O) groups is 1. The van der Waals surface area contributed by atoms with E-state index in [0.29, 0.717) is 22.1 Å². The quantitative estimate of drug-likeness (QED) is 0.718. The van der Waals surface area contributed by atoms with E-state index < -0.39 is 5.82 Å². The minimum atomic E-state index is -0.416. The fraction of sp³-hybridized carbons (Fsp3) is 0. The van der Waals surface area contributed by atoms with Crippen molar-refractivity contribution >= 4 is 27.9 Å². The normalized spacial score (nSPS) is 10.6.